The number of morpholine rings is 1. The lowest BCUT2D eigenvalue weighted by Crippen LogP contribution is -2.50. The Labute approximate surface area is 148 Å². The Bertz CT molecular complexity index is 621. The van der Waals surface area contributed by atoms with Gasteiger partial charge in [-0.25, -0.2) is 4.98 Å². The van der Waals surface area contributed by atoms with Crippen molar-refractivity contribution in [3.8, 4) is 6.07 Å². The largest absolute Gasteiger partial charge is 0.378 e. The molecule has 0 saturated carbocycles. The van der Waals surface area contributed by atoms with Crippen LogP contribution in [0.25, 0.3) is 0 Å². The number of anilines is 1. The zero-order valence-electron chi connectivity index (χ0n) is 14.6. The van der Waals surface area contributed by atoms with E-state index in [4.69, 9.17) is 10.00 Å². The fourth-order valence-electron chi connectivity index (χ4n) is 3.40. The van der Waals surface area contributed by atoms with Gasteiger partial charge in [0.2, 0.25) is 5.91 Å². The van der Waals surface area contributed by atoms with E-state index in [-0.39, 0.29) is 11.9 Å². The summed E-state index contributed by atoms with van der Waals surface area (Å²) in [6.07, 6.45) is 2.65. The number of carbonyl (C=O) groups is 1. The van der Waals surface area contributed by atoms with Crippen LogP contribution in [0.1, 0.15) is 18.9 Å². The van der Waals surface area contributed by atoms with Crippen molar-refractivity contribution in [1.82, 2.24) is 14.8 Å². The third-order valence-corrected chi connectivity index (χ3v) is 5.01. The fraction of sp³-hybridized carbons (Fsp3) is 0.611. The molecule has 0 aromatic carbocycles. The van der Waals surface area contributed by atoms with E-state index in [2.05, 4.69) is 21.3 Å². The third kappa shape index (κ3) is 4.47. The second kappa shape index (κ2) is 8.28. The number of amides is 1. The van der Waals surface area contributed by atoms with Gasteiger partial charge in [-0.05, 0) is 37.9 Å². The summed E-state index contributed by atoms with van der Waals surface area (Å²) in [6, 6.07) is 5.59. The summed E-state index contributed by atoms with van der Waals surface area (Å²) in [5.74, 6) is 1.50. The van der Waals surface area contributed by atoms with Gasteiger partial charge in [0.05, 0.1) is 24.8 Å². The Morgan fingerprint density at radius 2 is 2.24 bits per heavy atom. The zero-order chi connectivity index (χ0) is 17.6. The Kier molecular flexibility index (Phi) is 5.84. The van der Waals surface area contributed by atoms with Gasteiger partial charge in [0, 0.05) is 32.4 Å². The molecule has 7 nitrogen and oxygen atoms in total. The number of carbonyl (C=O) groups excluding carboxylic acids is 1. The topological polar surface area (TPSA) is 81.5 Å². The fourth-order valence-corrected chi connectivity index (χ4v) is 3.40. The first-order valence-electron chi connectivity index (χ1n) is 8.88. The molecule has 0 unspecified atom stereocenters. The van der Waals surface area contributed by atoms with E-state index in [1.54, 1.807) is 12.3 Å². The molecule has 2 aliphatic heterocycles. The predicted octanol–water partition coefficient (Wildman–Crippen LogP) is 0.934. The second-order valence-corrected chi connectivity index (χ2v) is 6.69. The van der Waals surface area contributed by atoms with Crippen molar-refractivity contribution in [2.75, 3.05) is 51.3 Å². The van der Waals surface area contributed by atoms with Gasteiger partial charge in [0.1, 0.15) is 11.9 Å². The summed E-state index contributed by atoms with van der Waals surface area (Å²) in [5.41, 5.74) is 0.563. The standard InChI is InChI=1S/C18H25N5O2/c1-14(18(24)22-6-8-25-9-7-22)23-5-4-16(13-23)12-21-17-3-2-15(10-19)11-20-17/h2-3,11,14,16H,4-9,12-13H2,1H3,(H,20,21)/t14-,16-/m1/s1. The smallest absolute Gasteiger partial charge is 0.239 e. The van der Waals surface area contributed by atoms with E-state index in [0.717, 1.165) is 31.9 Å². The van der Waals surface area contributed by atoms with E-state index in [9.17, 15) is 4.79 Å². The lowest BCUT2D eigenvalue weighted by Gasteiger charge is -2.32. The van der Waals surface area contributed by atoms with Gasteiger partial charge in [-0.1, -0.05) is 0 Å². The van der Waals surface area contributed by atoms with Crippen LogP contribution in [0, 0.1) is 17.2 Å². The highest BCUT2D eigenvalue weighted by Crippen LogP contribution is 2.20. The van der Waals surface area contributed by atoms with Gasteiger partial charge < -0.3 is 15.0 Å². The van der Waals surface area contributed by atoms with E-state index in [1.807, 2.05) is 17.9 Å². The Hall–Kier alpha value is -2.17. The molecule has 3 heterocycles. The average molecular weight is 343 g/mol. The maximum Gasteiger partial charge on any atom is 0.239 e. The minimum atomic E-state index is -0.0730. The number of nitrogens with one attached hydrogen (secondary N) is 1. The highest BCUT2D eigenvalue weighted by atomic mass is 16.5. The van der Waals surface area contributed by atoms with Crippen LogP contribution >= 0.6 is 0 Å². The van der Waals surface area contributed by atoms with E-state index >= 15 is 0 Å². The number of pyridine rings is 1. The molecule has 1 N–H and O–H groups in total. The van der Waals surface area contributed by atoms with Crippen LogP contribution in [0.2, 0.25) is 0 Å². The van der Waals surface area contributed by atoms with E-state index in [0.29, 0.717) is 37.8 Å². The van der Waals surface area contributed by atoms with Crippen molar-refractivity contribution < 1.29 is 9.53 Å². The van der Waals surface area contributed by atoms with Crippen molar-refractivity contribution in [3.63, 3.8) is 0 Å². The molecule has 2 fully saturated rings. The second-order valence-electron chi connectivity index (χ2n) is 6.69. The highest BCUT2D eigenvalue weighted by Gasteiger charge is 2.32. The molecule has 2 saturated heterocycles. The number of rotatable bonds is 5. The van der Waals surface area contributed by atoms with Crippen molar-refractivity contribution in [2.45, 2.75) is 19.4 Å². The van der Waals surface area contributed by atoms with Crippen LogP contribution in [0.5, 0.6) is 0 Å². The molecule has 2 atom stereocenters. The van der Waals surface area contributed by atoms with E-state index < -0.39 is 0 Å². The monoisotopic (exact) mass is 343 g/mol. The van der Waals surface area contributed by atoms with Crippen molar-refractivity contribution in [1.29, 1.82) is 5.26 Å². The van der Waals surface area contributed by atoms with Crippen LogP contribution < -0.4 is 5.32 Å². The first-order valence-corrected chi connectivity index (χ1v) is 8.88. The molecule has 134 valence electrons. The average Bonchev–Trinajstić information content (AvgIpc) is 3.15. The maximum atomic E-state index is 12.6. The van der Waals surface area contributed by atoms with Crippen LogP contribution in [0.15, 0.2) is 18.3 Å². The molecule has 1 aromatic rings. The van der Waals surface area contributed by atoms with Crippen molar-refractivity contribution in [3.05, 3.63) is 23.9 Å². The number of likely N-dealkylation sites (tertiary alicyclic amines) is 1. The molecule has 0 bridgehead atoms. The molecular formula is C18H25N5O2. The number of ether oxygens (including phenoxy) is 1. The summed E-state index contributed by atoms with van der Waals surface area (Å²) in [6.45, 7) is 7.39. The number of nitrogens with zero attached hydrogens (tertiary/aromatic N) is 4. The highest BCUT2D eigenvalue weighted by molar-refractivity contribution is 5.81. The summed E-state index contributed by atoms with van der Waals surface area (Å²) < 4.78 is 5.32. The lowest BCUT2D eigenvalue weighted by atomic mass is 10.1. The lowest BCUT2D eigenvalue weighted by molar-refractivity contribution is -0.140. The van der Waals surface area contributed by atoms with Gasteiger partial charge in [-0.15, -0.1) is 0 Å². The number of hydrogen-bond acceptors (Lipinski definition) is 6. The summed E-state index contributed by atoms with van der Waals surface area (Å²) in [4.78, 5) is 21.0. The molecule has 1 amide bonds. The van der Waals surface area contributed by atoms with Gasteiger partial charge in [-0.3, -0.25) is 9.69 Å². The summed E-state index contributed by atoms with van der Waals surface area (Å²) >= 11 is 0. The Balaban J connectivity index is 1.45. The molecule has 2 aliphatic rings. The van der Waals surface area contributed by atoms with Crippen LogP contribution in [0.4, 0.5) is 5.82 Å². The van der Waals surface area contributed by atoms with E-state index in [1.165, 1.54) is 0 Å². The minimum Gasteiger partial charge on any atom is -0.378 e. The molecule has 1 aromatic heterocycles. The molecule has 3 rings (SSSR count). The first-order chi connectivity index (χ1) is 12.2. The van der Waals surface area contributed by atoms with Crippen LogP contribution in [0.3, 0.4) is 0 Å². The first kappa shape index (κ1) is 17.6. The number of aromatic nitrogens is 1. The number of nitriles is 1. The summed E-state index contributed by atoms with van der Waals surface area (Å²) in [7, 11) is 0. The molecule has 0 spiro atoms. The third-order valence-electron chi connectivity index (χ3n) is 5.01. The quantitative estimate of drug-likeness (QED) is 0.857. The minimum absolute atomic E-state index is 0.0730. The summed E-state index contributed by atoms with van der Waals surface area (Å²) in [5, 5.41) is 12.1. The zero-order valence-corrected chi connectivity index (χ0v) is 14.6. The van der Waals surface area contributed by atoms with Gasteiger partial charge in [0.15, 0.2) is 0 Å². The van der Waals surface area contributed by atoms with Crippen LogP contribution in [-0.2, 0) is 9.53 Å². The van der Waals surface area contributed by atoms with Gasteiger partial charge in [-0.2, -0.15) is 5.26 Å². The molecule has 7 heteroatoms. The SMILES string of the molecule is C[C@H](C(=O)N1CCOCC1)N1CC[C@H](CNc2ccc(C#N)cn2)C1. The molecular weight excluding hydrogens is 318 g/mol. The van der Waals surface area contributed by atoms with Crippen molar-refractivity contribution in [2.24, 2.45) is 5.92 Å². The molecule has 0 aliphatic carbocycles. The Morgan fingerprint density at radius 3 is 2.92 bits per heavy atom. The Morgan fingerprint density at radius 1 is 1.44 bits per heavy atom. The van der Waals surface area contributed by atoms with Gasteiger partial charge in [0.25, 0.3) is 0 Å². The maximum absolute atomic E-state index is 12.6. The van der Waals surface area contributed by atoms with Gasteiger partial charge >= 0.3 is 0 Å². The normalized spacial score (nSPS) is 22.4. The van der Waals surface area contributed by atoms with Crippen molar-refractivity contribution >= 4 is 11.7 Å². The molecule has 0 radical (unpaired) electrons. The number of hydrogen-bond donors (Lipinski definition) is 1. The predicted molar refractivity (Wildman–Crippen MR) is 94.0 cm³/mol. The molecule has 25 heavy (non-hydrogen) atoms. The van der Waals surface area contributed by atoms with Crippen LogP contribution in [-0.4, -0.2) is 72.7 Å².